The van der Waals surface area contributed by atoms with Crippen LogP contribution in [0.4, 0.5) is 0 Å². The Hall–Kier alpha value is -2.26. The van der Waals surface area contributed by atoms with Gasteiger partial charge in [0, 0.05) is 18.8 Å². The first-order valence-corrected chi connectivity index (χ1v) is 8.08. The van der Waals surface area contributed by atoms with Gasteiger partial charge in [-0.05, 0) is 41.8 Å². The Bertz CT molecular complexity index is 628. The Morgan fingerprint density at radius 3 is 2.39 bits per heavy atom. The lowest BCUT2D eigenvalue weighted by molar-refractivity contribution is 0.0639. The van der Waals surface area contributed by atoms with E-state index in [1.165, 1.54) is 16.8 Å². The predicted molar refractivity (Wildman–Crippen MR) is 93.5 cm³/mol. The van der Waals surface area contributed by atoms with Gasteiger partial charge in [0.2, 0.25) is 0 Å². The molecular weight excluding hydrogens is 286 g/mol. The van der Waals surface area contributed by atoms with Crippen LogP contribution in [-0.2, 0) is 11.2 Å². The van der Waals surface area contributed by atoms with Crippen molar-refractivity contribution in [3.63, 3.8) is 0 Å². The number of morpholine rings is 1. The number of methoxy groups -OCH3 is 1. The Morgan fingerprint density at radius 1 is 1.04 bits per heavy atom. The van der Waals surface area contributed by atoms with Crippen LogP contribution in [0.25, 0.3) is 5.70 Å². The zero-order chi connectivity index (χ0) is 15.9. The molecule has 0 aliphatic carbocycles. The highest BCUT2D eigenvalue weighted by molar-refractivity contribution is 5.65. The summed E-state index contributed by atoms with van der Waals surface area (Å²) >= 11 is 0. The summed E-state index contributed by atoms with van der Waals surface area (Å²) in [6.07, 6.45) is 3.25. The van der Waals surface area contributed by atoms with Gasteiger partial charge < -0.3 is 14.4 Å². The lowest BCUT2D eigenvalue weighted by Gasteiger charge is -2.31. The van der Waals surface area contributed by atoms with Crippen LogP contribution in [0.3, 0.4) is 0 Å². The van der Waals surface area contributed by atoms with Gasteiger partial charge in [0.1, 0.15) is 5.75 Å². The Kier molecular flexibility index (Phi) is 5.33. The Balaban J connectivity index is 1.85. The fourth-order valence-corrected chi connectivity index (χ4v) is 2.82. The van der Waals surface area contributed by atoms with Crippen LogP contribution >= 0.6 is 0 Å². The zero-order valence-electron chi connectivity index (χ0n) is 13.6. The summed E-state index contributed by atoms with van der Waals surface area (Å²) in [6, 6.07) is 18.9. The van der Waals surface area contributed by atoms with Crippen LogP contribution < -0.4 is 4.74 Å². The van der Waals surface area contributed by atoms with E-state index in [0.717, 1.165) is 38.5 Å². The van der Waals surface area contributed by atoms with Crippen molar-refractivity contribution in [2.45, 2.75) is 6.42 Å². The van der Waals surface area contributed by atoms with Gasteiger partial charge in [-0.2, -0.15) is 0 Å². The van der Waals surface area contributed by atoms with Crippen LogP contribution in [0.1, 0.15) is 11.1 Å². The largest absolute Gasteiger partial charge is 0.497 e. The Labute approximate surface area is 138 Å². The summed E-state index contributed by atoms with van der Waals surface area (Å²) in [6.45, 7) is 3.46. The van der Waals surface area contributed by atoms with E-state index in [1.54, 1.807) is 7.11 Å². The second-order valence-electron chi connectivity index (χ2n) is 5.61. The molecule has 120 valence electrons. The lowest BCUT2D eigenvalue weighted by atomic mass is 10.1. The molecule has 1 aliphatic rings. The second-order valence-corrected chi connectivity index (χ2v) is 5.61. The van der Waals surface area contributed by atoms with Gasteiger partial charge in [-0.15, -0.1) is 0 Å². The third-order valence-corrected chi connectivity index (χ3v) is 4.11. The van der Waals surface area contributed by atoms with Gasteiger partial charge in [0.05, 0.1) is 20.3 Å². The molecule has 0 aromatic heterocycles. The van der Waals surface area contributed by atoms with E-state index in [4.69, 9.17) is 9.47 Å². The number of hydrogen-bond donors (Lipinski definition) is 0. The van der Waals surface area contributed by atoms with Crippen molar-refractivity contribution in [1.29, 1.82) is 0 Å². The molecule has 3 nitrogen and oxygen atoms in total. The molecule has 0 atom stereocenters. The summed E-state index contributed by atoms with van der Waals surface area (Å²) in [5, 5.41) is 0. The van der Waals surface area contributed by atoms with Crippen molar-refractivity contribution in [3.8, 4) is 5.75 Å². The first-order valence-electron chi connectivity index (χ1n) is 8.08. The molecule has 1 aliphatic heterocycles. The summed E-state index contributed by atoms with van der Waals surface area (Å²) in [7, 11) is 1.70. The van der Waals surface area contributed by atoms with Gasteiger partial charge in [-0.1, -0.05) is 36.4 Å². The lowest BCUT2D eigenvalue weighted by Crippen LogP contribution is -2.35. The van der Waals surface area contributed by atoms with Gasteiger partial charge >= 0.3 is 0 Å². The maximum atomic E-state index is 5.50. The van der Waals surface area contributed by atoms with Crippen molar-refractivity contribution in [1.82, 2.24) is 4.90 Å². The molecule has 0 N–H and O–H groups in total. The molecule has 0 spiro atoms. The molecule has 1 fully saturated rings. The Morgan fingerprint density at radius 2 is 1.74 bits per heavy atom. The van der Waals surface area contributed by atoms with Gasteiger partial charge in [0.25, 0.3) is 0 Å². The van der Waals surface area contributed by atoms with E-state index in [0.29, 0.717) is 0 Å². The van der Waals surface area contributed by atoms with Gasteiger partial charge in [-0.3, -0.25) is 0 Å². The number of allylic oxidation sites excluding steroid dienone is 1. The molecule has 3 rings (SSSR count). The normalized spacial score (nSPS) is 15.5. The SMILES string of the molecule is COc1ccc(/C(=C\Cc2ccccc2)N2CCOCC2)cc1. The van der Waals surface area contributed by atoms with Crippen molar-refractivity contribution in [2.75, 3.05) is 33.4 Å². The highest BCUT2D eigenvalue weighted by Crippen LogP contribution is 2.23. The number of benzene rings is 2. The minimum atomic E-state index is 0.791. The van der Waals surface area contributed by atoms with E-state index in [9.17, 15) is 0 Å². The van der Waals surface area contributed by atoms with Crippen LogP contribution in [0.5, 0.6) is 5.75 Å². The van der Waals surface area contributed by atoms with E-state index in [-0.39, 0.29) is 0 Å². The predicted octanol–water partition coefficient (Wildman–Crippen LogP) is 3.61. The molecule has 1 heterocycles. The maximum absolute atomic E-state index is 5.50. The highest BCUT2D eigenvalue weighted by atomic mass is 16.5. The van der Waals surface area contributed by atoms with E-state index in [2.05, 4.69) is 53.4 Å². The highest BCUT2D eigenvalue weighted by Gasteiger charge is 2.15. The van der Waals surface area contributed by atoms with E-state index in [1.807, 2.05) is 12.1 Å². The quantitative estimate of drug-likeness (QED) is 0.842. The molecule has 23 heavy (non-hydrogen) atoms. The van der Waals surface area contributed by atoms with Crippen molar-refractivity contribution >= 4 is 5.70 Å². The number of ether oxygens (including phenoxy) is 2. The van der Waals surface area contributed by atoms with Crippen molar-refractivity contribution < 1.29 is 9.47 Å². The van der Waals surface area contributed by atoms with Crippen LogP contribution in [0, 0.1) is 0 Å². The van der Waals surface area contributed by atoms with Crippen LogP contribution in [-0.4, -0.2) is 38.3 Å². The molecule has 2 aromatic rings. The minimum Gasteiger partial charge on any atom is -0.497 e. The number of hydrogen-bond acceptors (Lipinski definition) is 3. The molecule has 0 unspecified atom stereocenters. The third-order valence-electron chi connectivity index (χ3n) is 4.11. The molecule has 2 aromatic carbocycles. The topological polar surface area (TPSA) is 21.7 Å². The first-order chi connectivity index (χ1) is 11.4. The fourth-order valence-electron chi connectivity index (χ4n) is 2.82. The molecule has 0 saturated carbocycles. The third kappa shape index (κ3) is 4.14. The van der Waals surface area contributed by atoms with E-state index < -0.39 is 0 Å². The molecule has 0 bridgehead atoms. The van der Waals surface area contributed by atoms with Gasteiger partial charge in [-0.25, -0.2) is 0 Å². The van der Waals surface area contributed by atoms with Crippen LogP contribution in [0.15, 0.2) is 60.7 Å². The smallest absolute Gasteiger partial charge is 0.118 e. The summed E-state index contributed by atoms with van der Waals surface area (Å²) in [4.78, 5) is 2.41. The molecule has 1 saturated heterocycles. The van der Waals surface area contributed by atoms with Crippen molar-refractivity contribution in [2.24, 2.45) is 0 Å². The summed E-state index contributed by atoms with van der Waals surface area (Å²) in [5.41, 5.74) is 3.83. The molecule has 0 radical (unpaired) electrons. The maximum Gasteiger partial charge on any atom is 0.118 e. The van der Waals surface area contributed by atoms with Crippen molar-refractivity contribution in [3.05, 3.63) is 71.8 Å². The molecule has 3 heteroatoms. The monoisotopic (exact) mass is 309 g/mol. The summed E-state index contributed by atoms with van der Waals surface area (Å²) in [5.74, 6) is 0.887. The average Bonchev–Trinajstić information content (AvgIpc) is 2.64. The minimum absolute atomic E-state index is 0.791. The second kappa shape index (κ2) is 7.84. The first kappa shape index (κ1) is 15.6. The average molecular weight is 309 g/mol. The standard InChI is InChI=1S/C20H23NO2/c1-22-19-10-8-18(9-11-19)20(21-13-15-23-16-14-21)12-7-17-5-3-2-4-6-17/h2-6,8-12H,7,13-16H2,1H3/b20-12+. The number of nitrogens with zero attached hydrogens (tertiary/aromatic N) is 1. The van der Waals surface area contributed by atoms with Crippen LogP contribution in [0.2, 0.25) is 0 Å². The zero-order valence-corrected chi connectivity index (χ0v) is 13.6. The van der Waals surface area contributed by atoms with Gasteiger partial charge in [0.15, 0.2) is 0 Å². The molecular formula is C20H23NO2. The van der Waals surface area contributed by atoms with E-state index >= 15 is 0 Å². The summed E-state index contributed by atoms with van der Waals surface area (Å²) < 4.78 is 10.8. The number of rotatable bonds is 5. The molecule has 0 amide bonds. The fraction of sp³-hybridized carbons (Fsp3) is 0.300.